The maximum Gasteiger partial charge on any atom is 0.191 e. The molecule has 1 atom stereocenters. The van der Waals surface area contributed by atoms with Crippen LogP contribution in [0.25, 0.3) is 0 Å². The van der Waals surface area contributed by atoms with Gasteiger partial charge in [-0.25, -0.2) is 0 Å². The number of nitrogens with one attached hydrogen (secondary N) is 1. The number of nitrogens with two attached hydrogens (primary N) is 1. The summed E-state index contributed by atoms with van der Waals surface area (Å²) in [6, 6.07) is 0. The van der Waals surface area contributed by atoms with E-state index in [0.717, 1.165) is 0 Å². The van der Waals surface area contributed by atoms with Crippen LogP contribution < -0.4 is 5.73 Å². The van der Waals surface area contributed by atoms with Gasteiger partial charge < -0.3 is 10.5 Å². The van der Waals surface area contributed by atoms with Crippen molar-refractivity contribution in [2.24, 2.45) is 5.73 Å². The Morgan fingerprint density at radius 3 is 2.58 bits per heavy atom. The van der Waals surface area contributed by atoms with Gasteiger partial charge in [-0.05, 0) is 0 Å². The van der Waals surface area contributed by atoms with Crippen LogP contribution in [0, 0.1) is 5.41 Å². The predicted molar refractivity (Wildman–Crippen MR) is 49.5 cm³/mol. The Balaban J connectivity index is 2.98. The third kappa shape index (κ3) is 1.68. The normalized spacial score (nSPS) is 23.2. The Morgan fingerprint density at radius 2 is 2.08 bits per heavy atom. The van der Waals surface area contributed by atoms with E-state index < -0.39 is 6.10 Å². The molecule has 3 N–H and O–H groups in total. The van der Waals surface area contributed by atoms with Crippen molar-refractivity contribution in [3.8, 4) is 0 Å². The smallest absolute Gasteiger partial charge is 0.191 e. The lowest BCUT2D eigenvalue weighted by molar-refractivity contribution is 0.232. The van der Waals surface area contributed by atoms with Crippen LogP contribution in [0.15, 0.2) is 21.4 Å². The molecular formula is C6H5Cl3N2O. The number of amidine groups is 1. The molecule has 1 aliphatic rings. The lowest BCUT2D eigenvalue weighted by Crippen LogP contribution is -2.31. The minimum absolute atomic E-state index is 0.136. The molecule has 0 aromatic heterocycles. The highest BCUT2D eigenvalue weighted by Crippen LogP contribution is 2.32. The first-order chi connectivity index (χ1) is 5.54. The van der Waals surface area contributed by atoms with Gasteiger partial charge in [0.15, 0.2) is 6.10 Å². The van der Waals surface area contributed by atoms with E-state index in [1.165, 1.54) is 6.26 Å². The van der Waals surface area contributed by atoms with E-state index in [0.29, 0.717) is 0 Å². The van der Waals surface area contributed by atoms with E-state index in [-0.39, 0.29) is 20.9 Å². The molecule has 0 aromatic rings. The summed E-state index contributed by atoms with van der Waals surface area (Å²) in [5.41, 5.74) is 5.17. The lowest BCUT2D eigenvalue weighted by Gasteiger charge is -2.19. The zero-order valence-corrected chi connectivity index (χ0v) is 8.04. The van der Waals surface area contributed by atoms with Crippen LogP contribution in [0.2, 0.25) is 0 Å². The van der Waals surface area contributed by atoms with Crippen molar-refractivity contribution >= 4 is 40.6 Å². The SMILES string of the molecule is N=C(N)C1OC=C(Cl)C(Cl)=C1Cl. The molecule has 0 aromatic carbocycles. The molecule has 1 unspecified atom stereocenters. The van der Waals surface area contributed by atoms with Crippen molar-refractivity contribution in [2.45, 2.75) is 6.10 Å². The van der Waals surface area contributed by atoms with Crippen molar-refractivity contribution < 1.29 is 4.74 Å². The average molecular weight is 227 g/mol. The molecule has 6 heteroatoms. The van der Waals surface area contributed by atoms with Crippen molar-refractivity contribution in [2.75, 3.05) is 0 Å². The molecule has 0 saturated carbocycles. The number of rotatable bonds is 1. The van der Waals surface area contributed by atoms with Crippen molar-refractivity contribution in [1.29, 1.82) is 5.41 Å². The molecule has 12 heavy (non-hydrogen) atoms. The van der Waals surface area contributed by atoms with Crippen LogP contribution in [-0.4, -0.2) is 11.9 Å². The number of ether oxygens (including phenoxy) is 1. The van der Waals surface area contributed by atoms with Crippen LogP contribution in [0.1, 0.15) is 0 Å². The van der Waals surface area contributed by atoms with E-state index in [9.17, 15) is 0 Å². The first kappa shape index (κ1) is 9.71. The van der Waals surface area contributed by atoms with Crippen molar-refractivity contribution in [3.63, 3.8) is 0 Å². The summed E-state index contributed by atoms with van der Waals surface area (Å²) >= 11 is 17.0. The summed E-state index contributed by atoms with van der Waals surface area (Å²) in [6.45, 7) is 0. The third-order valence-corrected chi connectivity index (χ3v) is 2.51. The fourth-order valence-corrected chi connectivity index (χ4v) is 1.29. The first-order valence-corrected chi connectivity index (χ1v) is 4.08. The summed E-state index contributed by atoms with van der Waals surface area (Å²) in [6.07, 6.45) is 0.406. The molecule has 0 saturated heterocycles. The Morgan fingerprint density at radius 1 is 1.50 bits per heavy atom. The van der Waals surface area contributed by atoms with Crippen molar-refractivity contribution in [3.05, 3.63) is 21.4 Å². The van der Waals surface area contributed by atoms with E-state index in [1.807, 2.05) is 0 Å². The topological polar surface area (TPSA) is 59.1 Å². The molecule has 1 aliphatic heterocycles. The second-order valence-electron chi connectivity index (χ2n) is 2.10. The zero-order valence-electron chi connectivity index (χ0n) is 5.77. The molecule has 66 valence electrons. The summed E-state index contributed by atoms with van der Waals surface area (Å²) < 4.78 is 4.92. The molecule has 0 radical (unpaired) electrons. The van der Waals surface area contributed by atoms with Gasteiger partial charge in [0.1, 0.15) is 12.1 Å². The fourth-order valence-electron chi connectivity index (χ4n) is 0.678. The third-order valence-electron chi connectivity index (χ3n) is 1.24. The maximum absolute atomic E-state index is 7.08. The molecule has 0 amide bonds. The van der Waals surface area contributed by atoms with Gasteiger partial charge in [-0.1, -0.05) is 34.8 Å². The molecule has 1 rings (SSSR count). The van der Waals surface area contributed by atoms with Crippen LogP contribution in [0.4, 0.5) is 0 Å². The standard InChI is InChI=1S/C6H5Cl3N2O/c7-2-1-12-5(6(10)11)4(9)3(2)8/h1,5H,(H3,10,11). The van der Waals surface area contributed by atoms with Gasteiger partial charge in [-0.15, -0.1) is 0 Å². The fraction of sp³-hybridized carbons (Fsp3) is 0.167. The summed E-state index contributed by atoms with van der Waals surface area (Å²) in [5, 5.41) is 7.59. The highest BCUT2D eigenvalue weighted by Gasteiger charge is 2.25. The Labute approximate surface area is 84.2 Å². The second kappa shape index (κ2) is 3.56. The minimum Gasteiger partial charge on any atom is -0.483 e. The largest absolute Gasteiger partial charge is 0.483 e. The number of allylic oxidation sites excluding steroid dienone is 2. The molecule has 0 spiro atoms. The molecule has 3 nitrogen and oxygen atoms in total. The van der Waals surface area contributed by atoms with E-state index >= 15 is 0 Å². The summed E-state index contributed by atoms with van der Waals surface area (Å²) in [5.74, 6) is -0.210. The molecule has 0 fully saturated rings. The van der Waals surface area contributed by atoms with Crippen LogP contribution >= 0.6 is 34.8 Å². The van der Waals surface area contributed by atoms with E-state index in [2.05, 4.69) is 0 Å². The van der Waals surface area contributed by atoms with Gasteiger partial charge in [0, 0.05) is 0 Å². The monoisotopic (exact) mass is 226 g/mol. The van der Waals surface area contributed by atoms with Crippen molar-refractivity contribution in [1.82, 2.24) is 0 Å². The van der Waals surface area contributed by atoms with Gasteiger partial charge in [0.2, 0.25) is 0 Å². The summed E-state index contributed by atoms with van der Waals surface area (Å²) in [4.78, 5) is 0. The summed E-state index contributed by atoms with van der Waals surface area (Å²) in [7, 11) is 0. The number of hydrogen-bond acceptors (Lipinski definition) is 2. The second-order valence-corrected chi connectivity index (χ2v) is 3.29. The van der Waals surface area contributed by atoms with E-state index in [4.69, 9.17) is 50.7 Å². The molecule has 0 bridgehead atoms. The Hall–Kier alpha value is -0.380. The number of hydrogen-bond donors (Lipinski definition) is 2. The Kier molecular flexibility index (Phi) is 2.88. The maximum atomic E-state index is 7.08. The zero-order chi connectivity index (χ0) is 9.30. The van der Waals surface area contributed by atoms with Gasteiger partial charge in [-0.3, -0.25) is 5.41 Å². The molecular weight excluding hydrogens is 222 g/mol. The Bertz CT molecular complexity index is 285. The first-order valence-electron chi connectivity index (χ1n) is 2.94. The van der Waals surface area contributed by atoms with Crippen LogP contribution in [0.3, 0.4) is 0 Å². The van der Waals surface area contributed by atoms with Crippen LogP contribution in [0.5, 0.6) is 0 Å². The molecule has 1 heterocycles. The van der Waals surface area contributed by atoms with Gasteiger partial charge in [-0.2, -0.15) is 0 Å². The van der Waals surface area contributed by atoms with E-state index in [1.54, 1.807) is 0 Å². The number of halogens is 3. The van der Waals surface area contributed by atoms with Crippen LogP contribution in [-0.2, 0) is 4.74 Å². The molecule has 0 aliphatic carbocycles. The minimum atomic E-state index is -0.804. The van der Waals surface area contributed by atoms with Gasteiger partial charge in [0.05, 0.1) is 15.1 Å². The highest BCUT2D eigenvalue weighted by molar-refractivity contribution is 6.48. The predicted octanol–water partition coefficient (Wildman–Crippen LogP) is 2.09. The lowest BCUT2D eigenvalue weighted by atomic mass is 10.2. The van der Waals surface area contributed by atoms with Gasteiger partial charge >= 0.3 is 0 Å². The average Bonchev–Trinajstić information content (AvgIpc) is 2.00. The van der Waals surface area contributed by atoms with Gasteiger partial charge in [0.25, 0.3) is 0 Å². The highest BCUT2D eigenvalue weighted by atomic mass is 35.5. The quantitative estimate of drug-likeness (QED) is 0.532.